The smallest absolute Gasteiger partial charge is 0.356 e. The number of carbonyl (C=O) groups is 2. The van der Waals surface area contributed by atoms with E-state index in [0.29, 0.717) is 4.90 Å². The summed E-state index contributed by atoms with van der Waals surface area (Å²) in [4.78, 5) is 25.5. The van der Waals surface area contributed by atoms with Crippen molar-refractivity contribution in [2.75, 3.05) is 14.1 Å². The molecule has 58 valence electrons. The highest BCUT2D eigenvalue weighted by Crippen LogP contribution is 1.85. The molecule has 0 aromatic carbocycles. The Morgan fingerprint density at radius 1 is 1.60 bits per heavy atom. The van der Waals surface area contributed by atoms with Gasteiger partial charge in [0.1, 0.15) is 0 Å². The molecule has 3 amide bonds. The number of amides is 3. The van der Waals surface area contributed by atoms with E-state index < -0.39 is 12.1 Å². The molecule has 0 spiro atoms. The van der Waals surface area contributed by atoms with Crippen molar-refractivity contribution in [3.63, 3.8) is 0 Å². The van der Waals surface area contributed by atoms with Crippen molar-refractivity contribution in [1.29, 1.82) is 0 Å². The lowest BCUT2D eigenvalue weighted by atomic mass is 10.8. The SMILES string of the molecule is CNC(=O)N(C)C(=O)ON. The number of carbonyl (C=O) groups excluding carboxylic acids is 2. The molecule has 0 aliphatic rings. The van der Waals surface area contributed by atoms with Crippen molar-refractivity contribution in [3.05, 3.63) is 0 Å². The Balaban J connectivity index is 3.94. The van der Waals surface area contributed by atoms with Crippen LogP contribution in [0.3, 0.4) is 0 Å². The lowest BCUT2D eigenvalue weighted by Gasteiger charge is -2.10. The molecule has 0 aliphatic heterocycles. The lowest BCUT2D eigenvalue weighted by molar-refractivity contribution is 0.118. The molecule has 10 heavy (non-hydrogen) atoms. The highest BCUT2D eigenvalue weighted by atomic mass is 16.7. The number of nitrogens with one attached hydrogen (secondary N) is 1. The third kappa shape index (κ3) is 1.90. The molecule has 0 heterocycles. The molecule has 0 aromatic rings. The molecule has 0 aromatic heterocycles. The molecule has 6 nitrogen and oxygen atoms in total. The fourth-order valence-electron chi connectivity index (χ4n) is 0.330. The van der Waals surface area contributed by atoms with Crippen LogP contribution in [0.5, 0.6) is 0 Å². The van der Waals surface area contributed by atoms with Crippen molar-refractivity contribution < 1.29 is 14.4 Å². The Morgan fingerprint density at radius 2 is 2.10 bits per heavy atom. The first-order valence-corrected chi connectivity index (χ1v) is 2.49. The van der Waals surface area contributed by atoms with E-state index in [9.17, 15) is 9.59 Å². The van der Waals surface area contributed by atoms with Gasteiger partial charge in [-0.25, -0.2) is 14.5 Å². The third-order valence-corrected chi connectivity index (χ3v) is 0.893. The summed E-state index contributed by atoms with van der Waals surface area (Å²) in [7, 11) is 2.64. The molecule has 0 fully saturated rings. The number of imide groups is 1. The summed E-state index contributed by atoms with van der Waals surface area (Å²) in [6.45, 7) is 0. The topological polar surface area (TPSA) is 84.7 Å². The van der Waals surface area contributed by atoms with Crippen molar-refractivity contribution in [3.8, 4) is 0 Å². The van der Waals surface area contributed by atoms with Gasteiger partial charge in [-0.2, -0.15) is 5.90 Å². The highest BCUT2D eigenvalue weighted by Gasteiger charge is 2.14. The summed E-state index contributed by atoms with van der Waals surface area (Å²) in [5, 5.41) is 2.21. The van der Waals surface area contributed by atoms with E-state index in [1.807, 2.05) is 0 Å². The standard InChI is InChI=1S/C4H9N3O3/c1-6-3(8)7(2)4(9)10-5/h5H2,1-2H3,(H,6,8). The Hall–Kier alpha value is -1.30. The average molecular weight is 147 g/mol. The molecule has 0 unspecified atom stereocenters. The van der Waals surface area contributed by atoms with E-state index in [1.54, 1.807) is 0 Å². The van der Waals surface area contributed by atoms with Gasteiger partial charge in [-0.3, -0.25) is 0 Å². The van der Waals surface area contributed by atoms with Gasteiger partial charge in [-0.05, 0) is 0 Å². The molecular formula is C4H9N3O3. The minimum Gasteiger partial charge on any atom is -0.356 e. The fourth-order valence-corrected chi connectivity index (χ4v) is 0.330. The summed E-state index contributed by atoms with van der Waals surface area (Å²) in [6, 6.07) is -0.574. The first-order chi connectivity index (χ1) is 4.63. The van der Waals surface area contributed by atoms with Crippen LogP contribution in [0.15, 0.2) is 0 Å². The highest BCUT2D eigenvalue weighted by molar-refractivity contribution is 5.90. The molecule has 0 radical (unpaired) electrons. The van der Waals surface area contributed by atoms with Crippen molar-refractivity contribution in [2.24, 2.45) is 5.90 Å². The average Bonchev–Trinajstić information content (AvgIpc) is 2.00. The molecule has 0 saturated heterocycles. The van der Waals surface area contributed by atoms with Crippen LogP contribution in [0, 0.1) is 0 Å². The number of hydrogen-bond donors (Lipinski definition) is 2. The van der Waals surface area contributed by atoms with Gasteiger partial charge in [0.05, 0.1) is 0 Å². The van der Waals surface area contributed by atoms with Gasteiger partial charge < -0.3 is 10.2 Å². The third-order valence-electron chi connectivity index (χ3n) is 0.893. The molecule has 0 atom stereocenters. The Bertz CT molecular complexity index is 131. The summed E-state index contributed by atoms with van der Waals surface area (Å²) >= 11 is 0. The maximum absolute atomic E-state index is 10.6. The normalized spacial score (nSPS) is 8.30. The van der Waals surface area contributed by atoms with Crippen LogP contribution in [0.1, 0.15) is 0 Å². The van der Waals surface area contributed by atoms with Crippen LogP contribution >= 0.6 is 0 Å². The first-order valence-electron chi connectivity index (χ1n) is 2.49. The minimum atomic E-state index is -0.903. The Kier molecular flexibility index (Phi) is 3.20. The van der Waals surface area contributed by atoms with E-state index in [4.69, 9.17) is 0 Å². The summed E-state index contributed by atoms with van der Waals surface area (Å²) in [6.07, 6.45) is -0.903. The van der Waals surface area contributed by atoms with Crippen LogP contribution in [-0.2, 0) is 4.84 Å². The molecule has 3 N–H and O–H groups in total. The molecule has 0 rings (SSSR count). The molecule has 0 bridgehead atoms. The van der Waals surface area contributed by atoms with Crippen LogP contribution < -0.4 is 11.2 Å². The lowest BCUT2D eigenvalue weighted by Crippen LogP contribution is -2.40. The largest absolute Gasteiger partial charge is 0.436 e. The molecule has 0 aliphatic carbocycles. The number of nitrogens with two attached hydrogens (primary N) is 1. The number of nitrogens with zero attached hydrogens (tertiary/aromatic N) is 1. The zero-order chi connectivity index (χ0) is 8.15. The molecule has 0 saturated carbocycles. The quantitative estimate of drug-likeness (QED) is 0.442. The molecule has 6 heteroatoms. The van der Waals surface area contributed by atoms with E-state index in [2.05, 4.69) is 16.1 Å². The van der Waals surface area contributed by atoms with Crippen molar-refractivity contribution >= 4 is 12.1 Å². The number of rotatable bonds is 0. The van der Waals surface area contributed by atoms with E-state index >= 15 is 0 Å². The zero-order valence-electron chi connectivity index (χ0n) is 5.75. The van der Waals surface area contributed by atoms with Gasteiger partial charge in [0, 0.05) is 14.1 Å². The molecular weight excluding hydrogens is 138 g/mol. The van der Waals surface area contributed by atoms with Crippen LogP contribution in [-0.4, -0.2) is 31.1 Å². The predicted molar refractivity (Wildman–Crippen MR) is 32.9 cm³/mol. The van der Waals surface area contributed by atoms with E-state index in [-0.39, 0.29) is 0 Å². The second-order valence-corrected chi connectivity index (χ2v) is 1.50. The maximum Gasteiger partial charge on any atom is 0.436 e. The van der Waals surface area contributed by atoms with Crippen LogP contribution in [0.2, 0.25) is 0 Å². The number of hydrogen-bond acceptors (Lipinski definition) is 4. The van der Waals surface area contributed by atoms with Crippen LogP contribution in [0.4, 0.5) is 9.59 Å². The number of urea groups is 1. The zero-order valence-corrected chi connectivity index (χ0v) is 5.75. The summed E-state index contributed by atoms with van der Waals surface area (Å²) < 4.78 is 0. The van der Waals surface area contributed by atoms with Crippen molar-refractivity contribution in [2.45, 2.75) is 0 Å². The maximum atomic E-state index is 10.6. The minimum absolute atomic E-state index is 0.574. The van der Waals surface area contributed by atoms with Gasteiger partial charge in [0.15, 0.2) is 0 Å². The summed E-state index contributed by atoms with van der Waals surface area (Å²) in [5.41, 5.74) is 0. The first kappa shape index (κ1) is 8.70. The van der Waals surface area contributed by atoms with Gasteiger partial charge in [-0.1, -0.05) is 0 Å². The Morgan fingerprint density at radius 3 is 2.40 bits per heavy atom. The van der Waals surface area contributed by atoms with E-state index in [1.165, 1.54) is 14.1 Å². The van der Waals surface area contributed by atoms with Gasteiger partial charge >= 0.3 is 12.1 Å². The van der Waals surface area contributed by atoms with Gasteiger partial charge in [0.25, 0.3) is 0 Å². The predicted octanol–water partition coefficient (Wildman–Crippen LogP) is -0.732. The van der Waals surface area contributed by atoms with E-state index in [0.717, 1.165) is 0 Å². The second kappa shape index (κ2) is 3.67. The summed E-state index contributed by atoms with van der Waals surface area (Å²) in [5.74, 6) is 4.49. The second-order valence-electron chi connectivity index (χ2n) is 1.50. The monoisotopic (exact) mass is 147 g/mol. The van der Waals surface area contributed by atoms with Crippen molar-refractivity contribution in [1.82, 2.24) is 10.2 Å². The Labute approximate surface area is 57.9 Å². The fraction of sp³-hybridized carbons (Fsp3) is 0.500. The van der Waals surface area contributed by atoms with Gasteiger partial charge in [-0.15, -0.1) is 0 Å². The van der Waals surface area contributed by atoms with Gasteiger partial charge in [0.2, 0.25) is 0 Å². The van der Waals surface area contributed by atoms with Crippen LogP contribution in [0.25, 0.3) is 0 Å².